The van der Waals surface area contributed by atoms with Gasteiger partial charge in [0, 0.05) is 19.4 Å². The quantitative estimate of drug-likeness (QED) is 0.253. The fraction of sp³-hybridized carbons (Fsp3) is 0.850. The van der Waals surface area contributed by atoms with Gasteiger partial charge in [-0.2, -0.15) is 8.42 Å². The van der Waals surface area contributed by atoms with Crippen LogP contribution in [0.5, 0.6) is 0 Å². The number of hydrogen-bond donors (Lipinski definition) is 2. The molecule has 0 bridgehead atoms. The molecule has 0 saturated heterocycles. The number of hydrogen-bond acceptors (Lipinski definition) is 7. The standard InChI is InChI=1S/C20H37NO8S/c1-6-28-16(3)18(23)13-29-17(10-8-7-9-15(2)22)11-12-19(24)21-20(4,5)14-30(25,26)27/h16-17H,6-14H2,1-5H3,(H,21,24)(H,25,26,27). The summed E-state index contributed by atoms with van der Waals surface area (Å²) < 4.78 is 42.1. The van der Waals surface area contributed by atoms with E-state index in [0.29, 0.717) is 32.3 Å². The minimum atomic E-state index is -4.23. The maximum absolute atomic E-state index is 12.2. The van der Waals surface area contributed by atoms with Crippen molar-refractivity contribution in [2.75, 3.05) is 19.0 Å². The van der Waals surface area contributed by atoms with Crippen LogP contribution < -0.4 is 5.32 Å². The molecule has 0 aromatic heterocycles. The van der Waals surface area contributed by atoms with Crippen LogP contribution in [0.3, 0.4) is 0 Å². The third-order valence-electron chi connectivity index (χ3n) is 4.35. The summed E-state index contributed by atoms with van der Waals surface area (Å²) in [6, 6.07) is 0. The van der Waals surface area contributed by atoms with Crippen molar-refractivity contribution in [3.63, 3.8) is 0 Å². The number of Topliss-reactive ketones (excluding diaryl/α,β-unsaturated/α-hetero) is 2. The molecule has 1 amide bonds. The molecule has 30 heavy (non-hydrogen) atoms. The van der Waals surface area contributed by atoms with Crippen molar-refractivity contribution in [1.29, 1.82) is 0 Å². The summed E-state index contributed by atoms with van der Waals surface area (Å²) >= 11 is 0. The molecule has 0 rings (SSSR count). The lowest BCUT2D eigenvalue weighted by Crippen LogP contribution is -2.48. The minimum absolute atomic E-state index is 0.0709. The summed E-state index contributed by atoms with van der Waals surface area (Å²) in [7, 11) is -4.23. The lowest BCUT2D eigenvalue weighted by molar-refractivity contribution is -0.136. The molecule has 0 aliphatic heterocycles. The van der Waals surface area contributed by atoms with Crippen molar-refractivity contribution in [2.45, 2.75) is 90.9 Å². The van der Waals surface area contributed by atoms with Crippen LogP contribution in [0.1, 0.15) is 73.1 Å². The van der Waals surface area contributed by atoms with Gasteiger partial charge >= 0.3 is 0 Å². The minimum Gasteiger partial charge on any atom is -0.371 e. The van der Waals surface area contributed by atoms with E-state index >= 15 is 0 Å². The molecule has 0 aromatic carbocycles. The Bertz CT molecular complexity index is 660. The molecule has 0 aliphatic rings. The normalized spacial score (nSPS) is 14.2. The highest BCUT2D eigenvalue weighted by atomic mass is 32.2. The highest BCUT2D eigenvalue weighted by Crippen LogP contribution is 2.14. The Labute approximate surface area is 180 Å². The summed E-state index contributed by atoms with van der Waals surface area (Å²) in [5, 5.41) is 2.58. The van der Waals surface area contributed by atoms with E-state index in [-0.39, 0.29) is 36.6 Å². The van der Waals surface area contributed by atoms with Gasteiger partial charge in [-0.1, -0.05) is 6.42 Å². The Morgan fingerprint density at radius 3 is 2.23 bits per heavy atom. The lowest BCUT2D eigenvalue weighted by Gasteiger charge is -2.25. The van der Waals surface area contributed by atoms with E-state index in [1.165, 1.54) is 20.8 Å². The first-order chi connectivity index (χ1) is 13.8. The lowest BCUT2D eigenvalue weighted by atomic mass is 10.0. The van der Waals surface area contributed by atoms with Gasteiger partial charge < -0.3 is 19.6 Å². The number of carbonyl (C=O) groups excluding carboxylic acids is 3. The fourth-order valence-corrected chi connectivity index (χ4v) is 3.93. The van der Waals surface area contributed by atoms with Crippen LogP contribution in [0.2, 0.25) is 0 Å². The fourth-order valence-electron chi connectivity index (χ4n) is 2.94. The summed E-state index contributed by atoms with van der Waals surface area (Å²) in [6.45, 7) is 8.27. The van der Waals surface area contributed by atoms with Crippen molar-refractivity contribution >= 4 is 27.6 Å². The molecule has 176 valence electrons. The maximum Gasteiger partial charge on any atom is 0.267 e. The van der Waals surface area contributed by atoms with Crippen molar-refractivity contribution in [2.24, 2.45) is 0 Å². The second-order valence-electron chi connectivity index (χ2n) is 8.14. The zero-order chi connectivity index (χ0) is 23.4. The first kappa shape index (κ1) is 28.6. The average molecular weight is 452 g/mol. The zero-order valence-electron chi connectivity index (χ0n) is 18.7. The molecular weight excluding hydrogens is 414 g/mol. The predicted molar refractivity (Wildman–Crippen MR) is 113 cm³/mol. The largest absolute Gasteiger partial charge is 0.371 e. The number of unbranched alkanes of at least 4 members (excludes halogenated alkanes) is 1. The zero-order valence-corrected chi connectivity index (χ0v) is 19.5. The van der Waals surface area contributed by atoms with Gasteiger partial charge in [0.1, 0.15) is 18.5 Å². The first-order valence-corrected chi connectivity index (χ1v) is 11.9. The van der Waals surface area contributed by atoms with Gasteiger partial charge in [0.05, 0.1) is 17.4 Å². The van der Waals surface area contributed by atoms with Gasteiger partial charge in [0.25, 0.3) is 10.1 Å². The van der Waals surface area contributed by atoms with E-state index in [1.54, 1.807) is 13.8 Å². The van der Waals surface area contributed by atoms with Gasteiger partial charge in [0.2, 0.25) is 5.91 Å². The van der Waals surface area contributed by atoms with E-state index in [9.17, 15) is 22.8 Å². The number of ketones is 2. The molecule has 0 saturated carbocycles. The maximum atomic E-state index is 12.2. The van der Waals surface area contributed by atoms with Crippen molar-refractivity contribution in [3.05, 3.63) is 0 Å². The third kappa shape index (κ3) is 15.5. The van der Waals surface area contributed by atoms with Crippen molar-refractivity contribution in [1.82, 2.24) is 5.32 Å². The van der Waals surface area contributed by atoms with E-state index in [1.807, 2.05) is 0 Å². The molecule has 2 N–H and O–H groups in total. The topological polar surface area (TPSA) is 136 Å². The van der Waals surface area contributed by atoms with E-state index < -0.39 is 27.5 Å². The van der Waals surface area contributed by atoms with Gasteiger partial charge in [-0.05, 0) is 53.9 Å². The van der Waals surface area contributed by atoms with Gasteiger partial charge in [-0.25, -0.2) is 0 Å². The molecule has 0 spiro atoms. The molecular formula is C20H37NO8S. The summed E-state index contributed by atoms with van der Waals surface area (Å²) in [5.74, 6) is -1.06. The van der Waals surface area contributed by atoms with Gasteiger partial charge in [-0.15, -0.1) is 0 Å². The summed E-state index contributed by atoms with van der Waals surface area (Å²) in [5.41, 5.74) is -1.12. The number of nitrogens with one attached hydrogen (secondary N) is 1. The molecule has 2 atom stereocenters. The predicted octanol–water partition coefficient (Wildman–Crippen LogP) is 2.08. The number of rotatable bonds is 17. The SMILES string of the molecule is CCOC(C)C(=O)COC(CCCCC(C)=O)CCC(=O)NC(C)(C)CS(=O)(=O)O. The first-order valence-electron chi connectivity index (χ1n) is 10.3. The second kappa shape index (κ2) is 13.8. The molecule has 10 heteroatoms. The van der Waals surface area contributed by atoms with E-state index in [2.05, 4.69) is 5.32 Å². The molecule has 0 aromatic rings. The number of amides is 1. The summed E-state index contributed by atoms with van der Waals surface area (Å²) in [6.07, 6.45) is 1.96. The van der Waals surface area contributed by atoms with E-state index in [0.717, 1.165) is 6.42 Å². The smallest absolute Gasteiger partial charge is 0.267 e. The Balaban J connectivity index is 4.71. The summed E-state index contributed by atoms with van der Waals surface area (Å²) in [4.78, 5) is 35.4. The van der Waals surface area contributed by atoms with Crippen LogP contribution in [0, 0.1) is 0 Å². The molecule has 0 fully saturated rings. The van der Waals surface area contributed by atoms with Crippen LogP contribution in [0.15, 0.2) is 0 Å². The number of ether oxygens (including phenoxy) is 2. The third-order valence-corrected chi connectivity index (χ3v) is 5.44. The Morgan fingerprint density at radius 1 is 1.07 bits per heavy atom. The molecule has 2 unspecified atom stereocenters. The highest BCUT2D eigenvalue weighted by Gasteiger charge is 2.27. The average Bonchev–Trinajstić information content (AvgIpc) is 2.57. The van der Waals surface area contributed by atoms with Gasteiger partial charge in [0.15, 0.2) is 5.78 Å². The van der Waals surface area contributed by atoms with E-state index in [4.69, 9.17) is 14.0 Å². The van der Waals surface area contributed by atoms with Crippen LogP contribution in [-0.2, 0) is 34.0 Å². The monoisotopic (exact) mass is 451 g/mol. The van der Waals surface area contributed by atoms with Gasteiger partial charge in [-0.3, -0.25) is 14.1 Å². The van der Waals surface area contributed by atoms with Crippen LogP contribution in [-0.4, -0.2) is 67.2 Å². The number of carbonyl (C=O) groups is 3. The highest BCUT2D eigenvalue weighted by molar-refractivity contribution is 7.85. The Hall–Kier alpha value is -1.36. The Morgan fingerprint density at radius 2 is 1.70 bits per heavy atom. The van der Waals surface area contributed by atoms with Crippen LogP contribution in [0.25, 0.3) is 0 Å². The molecule has 0 radical (unpaired) electrons. The van der Waals surface area contributed by atoms with Crippen molar-refractivity contribution < 1.29 is 36.8 Å². The molecule has 0 aliphatic carbocycles. The molecule has 9 nitrogen and oxygen atoms in total. The van der Waals surface area contributed by atoms with Crippen LogP contribution in [0.4, 0.5) is 0 Å². The second-order valence-corrected chi connectivity index (χ2v) is 9.59. The Kier molecular flexibility index (Phi) is 13.2. The van der Waals surface area contributed by atoms with Crippen molar-refractivity contribution in [3.8, 4) is 0 Å². The van der Waals surface area contributed by atoms with Crippen LogP contribution >= 0.6 is 0 Å². The molecule has 0 heterocycles.